The quantitative estimate of drug-likeness (QED) is 0.817. The molecule has 0 bridgehead atoms. The molecule has 1 aromatic carbocycles. The van der Waals surface area contributed by atoms with E-state index < -0.39 is 0 Å². The minimum absolute atomic E-state index is 0.235. The van der Waals surface area contributed by atoms with Crippen molar-refractivity contribution in [3.8, 4) is 0 Å². The first-order valence-electron chi connectivity index (χ1n) is 5.76. The molecule has 2 aromatic rings. The zero-order valence-electron chi connectivity index (χ0n) is 10.1. The van der Waals surface area contributed by atoms with Crippen molar-refractivity contribution in [2.45, 2.75) is 6.42 Å². The Labute approximate surface area is 115 Å². The molecular weight excluding hydrogens is 263 g/mol. The van der Waals surface area contributed by atoms with E-state index in [1.54, 1.807) is 12.1 Å². The maximum Gasteiger partial charge on any atom is 0.158 e. The number of nitrogens with one attached hydrogen (secondary N) is 1. The average molecular weight is 276 g/mol. The van der Waals surface area contributed by atoms with Crippen molar-refractivity contribution in [1.29, 1.82) is 0 Å². The highest BCUT2D eigenvalue weighted by molar-refractivity contribution is 7.80. The third-order valence-corrected chi connectivity index (χ3v) is 2.80. The minimum Gasteiger partial charge on any atom is -0.389 e. The monoisotopic (exact) mass is 276 g/mol. The molecule has 4 nitrogen and oxygen atoms in total. The van der Waals surface area contributed by atoms with Crippen LogP contribution < -0.4 is 11.1 Å². The van der Waals surface area contributed by atoms with E-state index in [1.807, 2.05) is 6.07 Å². The van der Waals surface area contributed by atoms with Crippen molar-refractivity contribution in [3.63, 3.8) is 0 Å². The third-order valence-electron chi connectivity index (χ3n) is 2.58. The number of thiocarbonyl (C=S) groups is 1. The Bertz CT molecular complexity index is 588. The molecule has 19 heavy (non-hydrogen) atoms. The molecule has 0 amide bonds. The number of anilines is 1. The van der Waals surface area contributed by atoms with Crippen molar-refractivity contribution in [2.75, 3.05) is 11.9 Å². The van der Waals surface area contributed by atoms with Crippen LogP contribution in [0.1, 0.15) is 11.1 Å². The van der Waals surface area contributed by atoms with E-state index in [9.17, 15) is 4.39 Å². The van der Waals surface area contributed by atoms with E-state index in [0.29, 0.717) is 24.3 Å². The summed E-state index contributed by atoms with van der Waals surface area (Å²) in [6.45, 7) is 0.595. The summed E-state index contributed by atoms with van der Waals surface area (Å²) in [5.74, 6) is 0.312. The first kappa shape index (κ1) is 13.4. The molecule has 6 heteroatoms. The zero-order valence-corrected chi connectivity index (χ0v) is 11.0. The van der Waals surface area contributed by atoms with Gasteiger partial charge in [-0.1, -0.05) is 24.4 Å². The van der Waals surface area contributed by atoms with Crippen molar-refractivity contribution >= 4 is 23.0 Å². The summed E-state index contributed by atoms with van der Waals surface area (Å²) in [5.41, 5.74) is 7.16. The largest absolute Gasteiger partial charge is 0.389 e. The number of nitrogens with two attached hydrogens (primary N) is 1. The van der Waals surface area contributed by atoms with Crippen LogP contribution in [0.2, 0.25) is 0 Å². The lowest BCUT2D eigenvalue weighted by Gasteiger charge is -2.08. The Kier molecular flexibility index (Phi) is 4.35. The van der Waals surface area contributed by atoms with Crippen LogP contribution in [-0.4, -0.2) is 21.7 Å². The molecule has 0 spiro atoms. The first-order valence-corrected chi connectivity index (χ1v) is 6.17. The number of aromatic nitrogens is 2. The highest BCUT2D eigenvalue weighted by Crippen LogP contribution is 2.10. The number of halogens is 1. The highest BCUT2D eigenvalue weighted by Gasteiger charge is 2.06. The van der Waals surface area contributed by atoms with Crippen LogP contribution in [0, 0.1) is 5.82 Å². The summed E-state index contributed by atoms with van der Waals surface area (Å²) in [6.07, 6.45) is 2.21. The Balaban J connectivity index is 1.98. The molecule has 0 fully saturated rings. The lowest BCUT2D eigenvalue weighted by Crippen LogP contribution is -2.16. The molecule has 0 aliphatic rings. The first-order chi connectivity index (χ1) is 9.16. The van der Waals surface area contributed by atoms with Crippen molar-refractivity contribution in [2.24, 2.45) is 5.73 Å². The van der Waals surface area contributed by atoms with Crippen LogP contribution in [0.15, 0.2) is 36.5 Å². The van der Waals surface area contributed by atoms with Crippen LogP contribution >= 0.6 is 12.2 Å². The summed E-state index contributed by atoms with van der Waals surface area (Å²) in [7, 11) is 0. The average Bonchev–Trinajstić information content (AvgIpc) is 2.39. The Morgan fingerprint density at radius 2 is 2.21 bits per heavy atom. The van der Waals surface area contributed by atoms with Crippen LogP contribution in [0.25, 0.3) is 0 Å². The molecule has 2 rings (SSSR count). The van der Waals surface area contributed by atoms with Crippen LogP contribution in [0.3, 0.4) is 0 Å². The Morgan fingerprint density at radius 3 is 2.95 bits per heavy atom. The van der Waals surface area contributed by atoms with E-state index >= 15 is 0 Å². The minimum atomic E-state index is -0.235. The fourth-order valence-electron chi connectivity index (χ4n) is 1.68. The molecule has 0 aliphatic carbocycles. The van der Waals surface area contributed by atoms with E-state index in [1.165, 1.54) is 18.3 Å². The summed E-state index contributed by atoms with van der Waals surface area (Å²) < 4.78 is 13.0. The summed E-state index contributed by atoms with van der Waals surface area (Å²) in [4.78, 5) is 0.267. The number of benzene rings is 1. The van der Waals surface area contributed by atoms with Crippen LogP contribution in [0.4, 0.5) is 10.2 Å². The normalized spacial score (nSPS) is 10.2. The van der Waals surface area contributed by atoms with Crippen LogP contribution in [0.5, 0.6) is 0 Å². The molecule has 98 valence electrons. The van der Waals surface area contributed by atoms with Gasteiger partial charge in [0.1, 0.15) is 10.8 Å². The molecule has 0 radical (unpaired) electrons. The molecule has 0 saturated heterocycles. The van der Waals surface area contributed by atoms with Gasteiger partial charge in [0.25, 0.3) is 0 Å². The molecule has 0 saturated carbocycles. The smallest absolute Gasteiger partial charge is 0.158 e. The predicted molar refractivity (Wildman–Crippen MR) is 76.5 cm³/mol. The van der Waals surface area contributed by atoms with Gasteiger partial charge in [0.05, 0.1) is 11.8 Å². The Hall–Kier alpha value is -2.08. The number of hydrogen-bond acceptors (Lipinski definition) is 4. The summed E-state index contributed by atoms with van der Waals surface area (Å²) >= 11 is 4.93. The number of hydrogen-bond donors (Lipinski definition) is 2. The fourth-order valence-corrected chi connectivity index (χ4v) is 1.84. The number of rotatable bonds is 5. The highest BCUT2D eigenvalue weighted by atomic mass is 32.1. The molecule has 1 aromatic heterocycles. The second kappa shape index (κ2) is 6.19. The molecule has 3 N–H and O–H groups in total. The fraction of sp³-hybridized carbons (Fsp3) is 0.154. The van der Waals surface area contributed by atoms with E-state index in [4.69, 9.17) is 18.0 Å². The maximum absolute atomic E-state index is 13.0. The molecule has 1 heterocycles. The zero-order chi connectivity index (χ0) is 13.7. The second-order valence-corrected chi connectivity index (χ2v) is 4.40. The van der Waals surface area contributed by atoms with E-state index in [0.717, 1.165) is 5.56 Å². The SMILES string of the molecule is NC(=S)c1ccnnc1NCCc1cccc(F)c1. The van der Waals surface area contributed by atoms with Crippen molar-refractivity contribution in [1.82, 2.24) is 10.2 Å². The van der Waals surface area contributed by atoms with Gasteiger partial charge in [-0.05, 0) is 30.2 Å². The Morgan fingerprint density at radius 1 is 1.37 bits per heavy atom. The van der Waals surface area contributed by atoms with Crippen molar-refractivity contribution in [3.05, 3.63) is 53.5 Å². The van der Waals surface area contributed by atoms with Gasteiger partial charge in [-0.3, -0.25) is 0 Å². The van der Waals surface area contributed by atoms with Gasteiger partial charge < -0.3 is 11.1 Å². The lowest BCUT2D eigenvalue weighted by molar-refractivity contribution is 0.625. The summed E-state index contributed by atoms with van der Waals surface area (Å²) in [5, 5.41) is 10.8. The van der Waals surface area contributed by atoms with Gasteiger partial charge in [-0.2, -0.15) is 5.10 Å². The van der Waals surface area contributed by atoms with Gasteiger partial charge >= 0.3 is 0 Å². The molecular formula is C13H13FN4S. The predicted octanol–water partition coefficient (Wildman–Crippen LogP) is 1.90. The van der Waals surface area contributed by atoms with Crippen LogP contribution in [-0.2, 0) is 6.42 Å². The third kappa shape index (κ3) is 3.69. The molecule has 0 unspecified atom stereocenters. The molecule has 0 aliphatic heterocycles. The van der Waals surface area contributed by atoms with Gasteiger partial charge in [0.15, 0.2) is 5.82 Å². The van der Waals surface area contributed by atoms with Gasteiger partial charge in [0.2, 0.25) is 0 Å². The van der Waals surface area contributed by atoms with E-state index in [2.05, 4.69) is 15.5 Å². The number of nitrogens with zero attached hydrogens (tertiary/aromatic N) is 2. The lowest BCUT2D eigenvalue weighted by atomic mass is 10.1. The maximum atomic E-state index is 13.0. The standard InChI is InChI=1S/C13H13FN4S/c14-10-3-1-2-9(8-10)4-6-16-13-11(12(15)19)5-7-17-18-13/h1-3,5,7-8H,4,6H2,(H2,15,19)(H,16,18). The van der Waals surface area contributed by atoms with E-state index in [-0.39, 0.29) is 10.8 Å². The van der Waals surface area contributed by atoms with Gasteiger partial charge in [-0.15, -0.1) is 5.10 Å². The van der Waals surface area contributed by atoms with Gasteiger partial charge in [-0.25, -0.2) is 4.39 Å². The van der Waals surface area contributed by atoms with Crippen molar-refractivity contribution < 1.29 is 4.39 Å². The second-order valence-electron chi connectivity index (χ2n) is 3.96. The van der Waals surface area contributed by atoms with Gasteiger partial charge in [0, 0.05) is 6.54 Å². The summed E-state index contributed by atoms with van der Waals surface area (Å²) in [6, 6.07) is 8.20. The topological polar surface area (TPSA) is 63.8 Å². The molecule has 0 atom stereocenters.